The molecule has 0 atom stereocenters. The monoisotopic (exact) mass is 134 g/mol. The quantitative estimate of drug-likeness (QED) is 0.462. The molecule has 1 heteroatoms. The van der Waals surface area contributed by atoms with E-state index in [2.05, 4.69) is 24.3 Å². The van der Waals surface area contributed by atoms with Gasteiger partial charge in [0, 0.05) is 9.52 Å². The number of hydrogen-bond acceptors (Lipinski definition) is 0. The standard InChI is InChI=1S/C8H10Si/c1-2-4-8-6-9-5-7(8)3-1/h1-4H,5-6,9H2. The van der Waals surface area contributed by atoms with Crippen LogP contribution in [0, 0.1) is 0 Å². The third-order valence-electron chi connectivity index (χ3n) is 2.01. The molecule has 0 amide bonds. The van der Waals surface area contributed by atoms with Gasteiger partial charge in [-0.2, -0.15) is 0 Å². The topological polar surface area (TPSA) is 0 Å². The fraction of sp³-hybridized carbons (Fsp3) is 0.250. The van der Waals surface area contributed by atoms with Crippen LogP contribution in [0.2, 0.25) is 0 Å². The van der Waals surface area contributed by atoms with E-state index in [-0.39, 0.29) is 9.52 Å². The van der Waals surface area contributed by atoms with Crippen LogP contribution in [0.15, 0.2) is 24.3 Å². The molecular formula is C8H10Si. The number of benzene rings is 1. The molecule has 1 aromatic carbocycles. The lowest BCUT2D eigenvalue weighted by molar-refractivity contribution is 1.35. The molecule has 0 unspecified atom stereocenters. The van der Waals surface area contributed by atoms with Gasteiger partial charge in [-0.15, -0.1) is 0 Å². The van der Waals surface area contributed by atoms with Crippen molar-refractivity contribution in [1.82, 2.24) is 0 Å². The first-order valence-corrected chi connectivity index (χ1v) is 5.53. The van der Waals surface area contributed by atoms with E-state index in [9.17, 15) is 0 Å². The first-order valence-electron chi connectivity index (χ1n) is 3.53. The zero-order valence-electron chi connectivity index (χ0n) is 5.43. The van der Waals surface area contributed by atoms with Crippen molar-refractivity contribution in [3.8, 4) is 0 Å². The van der Waals surface area contributed by atoms with Gasteiger partial charge >= 0.3 is 0 Å². The summed E-state index contributed by atoms with van der Waals surface area (Å²) in [6.45, 7) is 0. The molecular weight excluding hydrogens is 124 g/mol. The third-order valence-corrected chi connectivity index (χ3v) is 3.80. The van der Waals surface area contributed by atoms with Crippen LogP contribution in [0.1, 0.15) is 11.1 Å². The van der Waals surface area contributed by atoms with E-state index >= 15 is 0 Å². The van der Waals surface area contributed by atoms with Crippen molar-refractivity contribution in [3.05, 3.63) is 35.4 Å². The van der Waals surface area contributed by atoms with Crippen molar-refractivity contribution >= 4 is 9.52 Å². The summed E-state index contributed by atoms with van der Waals surface area (Å²) in [5, 5.41) is 0. The minimum atomic E-state index is 0.290. The van der Waals surface area contributed by atoms with Crippen molar-refractivity contribution in [2.45, 2.75) is 12.1 Å². The summed E-state index contributed by atoms with van der Waals surface area (Å²) in [6.07, 6.45) is 0. The summed E-state index contributed by atoms with van der Waals surface area (Å²) >= 11 is 0. The molecule has 0 saturated heterocycles. The largest absolute Gasteiger partial charge is 0.0620 e. The smallest absolute Gasteiger partial charge is 0.0296 e. The normalized spacial score (nSPS) is 15.6. The summed E-state index contributed by atoms with van der Waals surface area (Å²) in [5.74, 6) is 0. The molecule has 0 radical (unpaired) electrons. The van der Waals surface area contributed by atoms with E-state index in [4.69, 9.17) is 0 Å². The summed E-state index contributed by atoms with van der Waals surface area (Å²) in [5.41, 5.74) is 3.26. The van der Waals surface area contributed by atoms with Gasteiger partial charge in [-0.25, -0.2) is 0 Å². The fourth-order valence-electron chi connectivity index (χ4n) is 1.51. The van der Waals surface area contributed by atoms with Crippen LogP contribution in [-0.2, 0) is 12.1 Å². The highest BCUT2D eigenvalue weighted by Crippen LogP contribution is 2.15. The van der Waals surface area contributed by atoms with E-state index in [1.165, 1.54) is 12.1 Å². The lowest BCUT2D eigenvalue weighted by atomic mass is 10.1. The van der Waals surface area contributed by atoms with Gasteiger partial charge in [0.2, 0.25) is 0 Å². The molecule has 0 N–H and O–H groups in total. The molecule has 0 bridgehead atoms. The first kappa shape index (κ1) is 5.24. The Bertz CT molecular complexity index is 195. The van der Waals surface area contributed by atoms with E-state index in [0.717, 1.165) is 0 Å². The van der Waals surface area contributed by atoms with E-state index < -0.39 is 0 Å². The first-order chi connectivity index (χ1) is 4.47. The minimum Gasteiger partial charge on any atom is -0.0620 e. The molecule has 9 heavy (non-hydrogen) atoms. The minimum absolute atomic E-state index is 0.290. The van der Waals surface area contributed by atoms with Crippen molar-refractivity contribution in [2.24, 2.45) is 0 Å². The van der Waals surface area contributed by atoms with Crippen LogP contribution < -0.4 is 0 Å². The molecule has 0 fully saturated rings. The van der Waals surface area contributed by atoms with Gasteiger partial charge in [0.05, 0.1) is 0 Å². The Morgan fingerprint density at radius 2 is 1.56 bits per heavy atom. The van der Waals surface area contributed by atoms with Crippen molar-refractivity contribution in [3.63, 3.8) is 0 Å². The average molecular weight is 134 g/mol. The SMILES string of the molecule is c1ccc2c(c1)C[SiH2]C2. The van der Waals surface area contributed by atoms with Gasteiger partial charge in [0.15, 0.2) is 0 Å². The molecule has 0 aromatic heterocycles. The van der Waals surface area contributed by atoms with Gasteiger partial charge in [-0.3, -0.25) is 0 Å². The number of fused-ring (bicyclic) bond motifs is 1. The maximum absolute atomic E-state index is 2.27. The molecule has 1 aliphatic heterocycles. The fourth-order valence-corrected chi connectivity index (χ4v) is 3.43. The highest BCUT2D eigenvalue weighted by Gasteiger charge is 2.07. The van der Waals surface area contributed by atoms with Gasteiger partial charge < -0.3 is 0 Å². The lowest BCUT2D eigenvalue weighted by Gasteiger charge is -1.93. The van der Waals surface area contributed by atoms with Crippen LogP contribution in [0.3, 0.4) is 0 Å². The summed E-state index contributed by atoms with van der Waals surface area (Å²) in [7, 11) is 0.290. The molecule has 0 aliphatic carbocycles. The third kappa shape index (κ3) is 0.814. The molecule has 0 nitrogen and oxygen atoms in total. The van der Waals surface area contributed by atoms with Crippen molar-refractivity contribution in [1.29, 1.82) is 0 Å². The Morgan fingerprint density at radius 1 is 1.00 bits per heavy atom. The molecule has 0 saturated carbocycles. The Labute approximate surface area is 57.7 Å². The van der Waals surface area contributed by atoms with Crippen LogP contribution >= 0.6 is 0 Å². The van der Waals surface area contributed by atoms with E-state index in [0.29, 0.717) is 0 Å². The summed E-state index contributed by atoms with van der Waals surface area (Å²) in [6, 6.07) is 11.7. The Morgan fingerprint density at radius 3 is 2.11 bits per heavy atom. The molecule has 1 heterocycles. The average Bonchev–Trinajstić information content (AvgIpc) is 2.33. The molecule has 2 rings (SSSR count). The van der Waals surface area contributed by atoms with Crippen LogP contribution in [-0.4, -0.2) is 9.52 Å². The predicted octanol–water partition coefficient (Wildman–Crippen LogP) is 0.869. The highest BCUT2D eigenvalue weighted by molar-refractivity contribution is 6.36. The van der Waals surface area contributed by atoms with Gasteiger partial charge in [0.1, 0.15) is 0 Å². The summed E-state index contributed by atoms with van der Waals surface area (Å²) < 4.78 is 0. The molecule has 1 aliphatic rings. The summed E-state index contributed by atoms with van der Waals surface area (Å²) in [4.78, 5) is 0. The Balaban J connectivity index is 2.54. The zero-order chi connectivity index (χ0) is 6.10. The maximum Gasteiger partial charge on any atom is 0.0296 e. The zero-order valence-corrected chi connectivity index (χ0v) is 6.84. The lowest BCUT2D eigenvalue weighted by Crippen LogP contribution is -1.84. The van der Waals surface area contributed by atoms with Crippen LogP contribution in [0.4, 0.5) is 0 Å². The van der Waals surface area contributed by atoms with Crippen LogP contribution in [0.5, 0.6) is 0 Å². The van der Waals surface area contributed by atoms with E-state index in [1.807, 2.05) is 0 Å². The van der Waals surface area contributed by atoms with Gasteiger partial charge in [-0.1, -0.05) is 24.3 Å². The van der Waals surface area contributed by atoms with Crippen molar-refractivity contribution in [2.75, 3.05) is 0 Å². The maximum atomic E-state index is 2.27. The van der Waals surface area contributed by atoms with Crippen molar-refractivity contribution < 1.29 is 0 Å². The van der Waals surface area contributed by atoms with E-state index in [1.54, 1.807) is 11.1 Å². The van der Waals surface area contributed by atoms with Crippen LogP contribution in [0.25, 0.3) is 0 Å². The second-order valence-corrected chi connectivity index (χ2v) is 4.33. The highest BCUT2D eigenvalue weighted by atomic mass is 28.2. The predicted molar refractivity (Wildman–Crippen MR) is 42.4 cm³/mol. The second kappa shape index (κ2) is 1.99. The number of hydrogen-bond donors (Lipinski definition) is 0. The van der Waals surface area contributed by atoms with Gasteiger partial charge in [-0.05, 0) is 23.2 Å². The van der Waals surface area contributed by atoms with Gasteiger partial charge in [0.25, 0.3) is 0 Å². The molecule has 46 valence electrons. The Hall–Kier alpha value is -0.563. The Kier molecular flexibility index (Phi) is 1.16. The molecule has 1 aromatic rings. The molecule has 0 spiro atoms. The number of rotatable bonds is 0. The second-order valence-electron chi connectivity index (χ2n) is 2.62.